The van der Waals surface area contributed by atoms with Crippen LogP contribution in [0.15, 0.2) is 116 Å². The van der Waals surface area contributed by atoms with E-state index in [0.29, 0.717) is 0 Å². The van der Waals surface area contributed by atoms with Gasteiger partial charge in [0.05, 0.1) is 5.71 Å². The maximum Gasteiger partial charge on any atom is 0.131 e. The molecular weight excluding hydrogens is 394 g/mol. The highest BCUT2D eigenvalue weighted by atomic mass is 32.2. The summed E-state index contributed by atoms with van der Waals surface area (Å²) in [6.45, 7) is 0. The van der Waals surface area contributed by atoms with Gasteiger partial charge >= 0.3 is 0 Å². The molecule has 0 saturated carbocycles. The van der Waals surface area contributed by atoms with Gasteiger partial charge in [-0.05, 0) is 23.8 Å². The zero-order valence-corrected chi connectivity index (χ0v) is 17.2. The van der Waals surface area contributed by atoms with E-state index in [-0.39, 0.29) is 0 Å². The Morgan fingerprint density at radius 1 is 0.759 bits per heavy atom. The summed E-state index contributed by atoms with van der Waals surface area (Å²) in [6.07, 6.45) is 2.40. The van der Waals surface area contributed by atoms with Crippen LogP contribution in [0.2, 0.25) is 0 Å². The van der Waals surface area contributed by atoms with Gasteiger partial charge < -0.3 is 0 Å². The van der Waals surface area contributed by atoms with Crippen LogP contribution in [0, 0.1) is 0 Å². The van der Waals surface area contributed by atoms with Crippen LogP contribution in [0.1, 0.15) is 11.1 Å². The monoisotopic (exact) mass is 411 g/mol. The molecule has 0 radical (unpaired) electrons. The Morgan fingerprint density at radius 2 is 1.48 bits per heavy atom. The Labute approximate surface area is 178 Å². The second kappa shape index (κ2) is 8.23. The van der Waals surface area contributed by atoms with Crippen molar-refractivity contribution in [3.05, 3.63) is 102 Å². The molecule has 0 spiro atoms. The smallest absolute Gasteiger partial charge is 0.131 e. The van der Waals surface area contributed by atoms with Crippen LogP contribution in [0.5, 0.6) is 0 Å². The van der Waals surface area contributed by atoms with Crippen molar-refractivity contribution in [1.29, 1.82) is 0 Å². The Kier molecular flexibility index (Phi) is 5.15. The van der Waals surface area contributed by atoms with Gasteiger partial charge in [0.1, 0.15) is 22.1 Å². The average molecular weight is 412 g/mol. The summed E-state index contributed by atoms with van der Waals surface area (Å²) < 4.78 is 0. The molecule has 1 aromatic heterocycles. The summed E-state index contributed by atoms with van der Waals surface area (Å²) in [7, 11) is 0. The Balaban J connectivity index is 1.63. The molecule has 0 N–H and O–H groups in total. The fourth-order valence-corrected chi connectivity index (χ4v) is 5.12. The van der Waals surface area contributed by atoms with Crippen LogP contribution < -0.4 is 0 Å². The van der Waals surface area contributed by atoms with Crippen molar-refractivity contribution < 1.29 is 0 Å². The van der Waals surface area contributed by atoms with Crippen molar-refractivity contribution >= 4 is 34.9 Å². The van der Waals surface area contributed by atoms with Gasteiger partial charge in [0.15, 0.2) is 0 Å². The molecule has 5 heteroatoms. The van der Waals surface area contributed by atoms with Gasteiger partial charge in [-0.25, -0.2) is 15.0 Å². The molecule has 0 saturated heterocycles. The van der Waals surface area contributed by atoms with Crippen molar-refractivity contribution in [3.63, 3.8) is 0 Å². The number of fused-ring (bicyclic) bond motifs is 2. The van der Waals surface area contributed by atoms with E-state index < -0.39 is 0 Å². The first-order chi connectivity index (χ1) is 14.4. The highest BCUT2D eigenvalue weighted by molar-refractivity contribution is 8.00. The third-order valence-corrected chi connectivity index (χ3v) is 6.65. The van der Waals surface area contributed by atoms with Crippen LogP contribution in [-0.2, 0) is 6.42 Å². The number of rotatable bonds is 4. The Morgan fingerprint density at radius 3 is 2.31 bits per heavy atom. The van der Waals surface area contributed by atoms with Crippen molar-refractivity contribution in [2.75, 3.05) is 0 Å². The van der Waals surface area contributed by atoms with Crippen LogP contribution in [-0.4, -0.2) is 15.7 Å². The molecule has 5 rings (SSSR count). The number of aromatic nitrogens is 2. The number of aliphatic imine (C=N–C) groups is 1. The first kappa shape index (κ1) is 18.2. The van der Waals surface area contributed by atoms with Crippen LogP contribution in [0.25, 0.3) is 0 Å². The predicted molar refractivity (Wildman–Crippen MR) is 120 cm³/mol. The van der Waals surface area contributed by atoms with Gasteiger partial charge in [-0.15, -0.1) is 0 Å². The molecule has 140 valence electrons. The molecule has 29 heavy (non-hydrogen) atoms. The summed E-state index contributed by atoms with van der Waals surface area (Å²) in [5.41, 5.74) is 4.30. The van der Waals surface area contributed by atoms with E-state index >= 15 is 0 Å². The molecule has 2 heterocycles. The third kappa shape index (κ3) is 3.97. The topological polar surface area (TPSA) is 38.1 Å². The third-order valence-electron chi connectivity index (χ3n) is 4.58. The van der Waals surface area contributed by atoms with E-state index in [9.17, 15) is 0 Å². The van der Waals surface area contributed by atoms with E-state index in [4.69, 9.17) is 4.99 Å². The lowest BCUT2D eigenvalue weighted by Crippen LogP contribution is -2.06. The highest BCUT2D eigenvalue weighted by Gasteiger charge is 2.21. The summed E-state index contributed by atoms with van der Waals surface area (Å²) in [5.74, 6) is 0. The minimum absolute atomic E-state index is 0.766. The van der Waals surface area contributed by atoms with Gasteiger partial charge in [0.25, 0.3) is 0 Å². The zero-order valence-electron chi connectivity index (χ0n) is 15.5. The van der Waals surface area contributed by atoms with Crippen molar-refractivity contribution in [3.8, 4) is 0 Å². The molecule has 0 amide bonds. The lowest BCUT2D eigenvalue weighted by Gasteiger charge is -2.09. The normalized spacial score (nSPS) is 12.5. The predicted octanol–water partition coefficient (Wildman–Crippen LogP) is 6.46. The largest absolute Gasteiger partial charge is 0.247 e. The molecule has 0 atom stereocenters. The SMILES string of the molecule is c1ccc(CC2=Nc3c(Sc4ccccc4)ncnc3Sc3ccccc32)cc1. The van der Waals surface area contributed by atoms with E-state index in [1.807, 2.05) is 24.3 Å². The Bertz CT molecular complexity index is 1180. The average Bonchev–Trinajstić information content (AvgIpc) is 2.93. The standard InChI is InChI=1S/C24H17N3S2/c1-3-9-17(10-4-1)15-20-19-13-7-8-14-21(19)29-24-22(27-20)23(25-16-26-24)28-18-11-5-2-6-12-18/h1-14,16H,15H2. The first-order valence-electron chi connectivity index (χ1n) is 9.33. The molecule has 3 nitrogen and oxygen atoms in total. The quantitative estimate of drug-likeness (QED) is 0.361. The van der Waals surface area contributed by atoms with E-state index in [1.165, 1.54) is 10.5 Å². The fourth-order valence-electron chi connectivity index (χ4n) is 3.21. The molecular formula is C24H17N3S2. The molecule has 0 bridgehead atoms. The zero-order chi connectivity index (χ0) is 19.5. The summed E-state index contributed by atoms with van der Waals surface area (Å²) in [4.78, 5) is 16.6. The first-order valence-corrected chi connectivity index (χ1v) is 11.0. The van der Waals surface area contributed by atoms with E-state index in [1.54, 1.807) is 29.9 Å². The maximum atomic E-state index is 5.12. The van der Waals surface area contributed by atoms with Gasteiger partial charge in [-0.2, -0.15) is 0 Å². The van der Waals surface area contributed by atoms with Gasteiger partial charge in [0, 0.05) is 21.8 Å². The number of hydrogen-bond acceptors (Lipinski definition) is 5. The minimum Gasteiger partial charge on any atom is -0.247 e. The second-order valence-electron chi connectivity index (χ2n) is 6.57. The van der Waals surface area contributed by atoms with Gasteiger partial charge in [-0.3, -0.25) is 0 Å². The maximum absolute atomic E-state index is 5.12. The van der Waals surface area contributed by atoms with Crippen LogP contribution in [0.4, 0.5) is 5.69 Å². The molecule has 3 aromatic carbocycles. The van der Waals surface area contributed by atoms with Crippen molar-refractivity contribution in [2.45, 2.75) is 26.3 Å². The molecule has 0 fully saturated rings. The molecule has 0 unspecified atom stereocenters. The van der Waals surface area contributed by atoms with Crippen molar-refractivity contribution in [2.24, 2.45) is 4.99 Å². The molecule has 0 aliphatic carbocycles. The van der Waals surface area contributed by atoms with Crippen molar-refractivity contribution in [1.82, 2.24) is 9.97 Å². The van der Waals surface area contributed by atoms with Gasteiger partial charge in [-0.1, -0.05) is 90.3 Å². The minimum atomic E-state index is 0.766. The van der Waals surface area contributed by atoms with Crippen LogP contribution in [0.3, 0.4) is 0 Å². The van der Waals surface area contributed by atoms with E-state index in [2.05, 4.69) is 70.6 Å². The van der Waals surface area contributed by atoms with Crippen LogP contribution >= 0.6 is 23.5 Å². The van der Waals surface area contributed by atoms with E-state index in [0.717, 1.165) is 38.3 Å². The van der Waals surface area contributed by atoms with Gasteiger partial charge in [0.2, 0.25) is 0 Å². The highest BCUT2D eigenvalue weighted by Crippen LogP contribution is 2.44. The molecule has 4 aromatic rings. The molecule has 1 aliphatic rings. The summed E-state index contributed by atoms with van der Waals surface area (Å²) in [6, 6.07) is 29.2. The summed E-state index contributed by atoms with van der Waals surface area (Å²) >= 11 is 3.29. The Hall–Kier alpha value is -2.89. The lowest BCUT2D eigenvalue weighted by molar-refractivity contribution is 0.960. The number of nitrogens with zero attached hydrogens (tertiary/aromatic N) is 3. The second-order valence-corrected chi connectivity index (χ2v) is 8.66. The fraction of sp³-hybridized carbons (Fsp3) is 0.0417. The lowest BCUT2D eigenvalue weighted by atomic mass is 10.0. The molecule has 1 aliphatic heterocycles. The number of benzene rings is 3. The summed E-state index contributed by atoms with van der Waals surface area (Å²) in [5, 5.41) is 1.78. The number of hydrogen-bond donors (Lipinski definition) is 0.